The Kier molecular flexibility index (Phi) is 2.75. The number of carbonyl (C=O) groups excluding carboxylic acids is 3. The zero-order valence-corrected chi connectivity index (χ0v) is 11.0. The van der Waals surface area contributed by atoms with Crippen LogP contribution in [0.1, 0.15) is 16.8 Å². The first kappa shape index (κ1) is 13.2. The first-order valence-electron chi connectivity index (χ1n) is 6.43. The molecule has 8 heteroatoms. The van der Waals surface area contributed by atoms with Crippen LogP contribution in [0.3, 0.4) is 0 Å². The van der Waals surface area contributed by atoms with Gasteiger partial charge in [0.1, 0.15) is 11.3 Å². The second-order valence-corrected chi connectivity index (χ2v) is 5.24. The molecule has 1 aromatic carbocycles. The van der Waals surface area contributed by atoms with E-state index in [0.29, 0.717) is 13.0 Å². The van der Waals surface area contributed by atoms with Gasteiger partial charge in [-0.3, -0.25) is 14.9 Å². The van der Waals surface area contributed by atoms with Crippen molar-refractivity contribution >= 4 is 23.5 Å². The van der Waals surface area contributed by atoms with Crippen LogP contribution in [-0.4, -0.2) is 46.5 Å². The van der Waals surface area contributed by atoms with E-state index in [-0.39, 0.29) is 29.5 Å². The van der Waals surface area contributed by atoms with Gasteiger partial charge in [-0.05, 0) is 24.6 Å². The minimum Gasteiger partial charge on any atom is -0.506 e. The number of anilines is 1. The predicted molar refractivity (Wildman–Crippen MR) is 72.4 cm³/mol. The smallest absolute Gasteiger partial charge is 0.322 e. The monoisotopic (exact) mass is 290 g/mol. The second kappa shape index (κ2) is 4.37. The Balaban J connectivity index is 1.80. The van der Waals surface area contributed by atoms with Crippen molar-refractivity contribution in [2.75, 3.05) is 18.8 Å². The summed E-state index contributed by atoms with van der Waals surface area (Å²) in [4.78, 5) is 36.9. The van der Waals surface area contributed by atoms with Crippen LogP contribution < -0.4 is 16.4 Å². The summed E-state index contributed by atoms with van der Waals surface area (Å²) in [6, 6.07) is 3.70. The summed E-state index contributed by atoms with van der Waals surface area (Å²) in [5.41, 5.74) is 4.92. The Labute approximate surface area is 119 Å². The van der Waals surface area contributed by atoms with E-state index in [4.69, 9.17) is 5.73 Å². The molecule has 1 spiro atoms. The third-order valence-electron chi connectivity index (χ3n) is 3.85. The fourth-order valence-corrected chi connectivity index (χ4v) is 2.66. The second-order valence-electron chi connectivity index (χ2n) is 5.24. The van der Waals surface area contributed by atoms with Crippen molar-refractivity contribution in [1.29, 1.82) is 0 Å². The molecule has 1 atom stereocenters. The van der Waals surface area contributed by atoms with Crippen LogP contribution in [0.4, 0.5) is 10.5 Å². The fourth-order valence-electron chi connectivity index (χ4n) is 2.66. The van der Waals surface area contributed by atoms with E-state index < -0.39 is 17.5 Å². The highest BCUT2D eigenvalue weighted by Crippen LogP contribution is 2.27. The number of nitrogen functional groups attached to an aromatic ring is 1. The molecular formula is C13H14N4O4. The highest BCUT2D eigenvalue weighted by molar-refractivity contribution is 6.08. The van der Waals surface area contributed by atoms with E-state index in [9.17, 15) is 19.5 Å². The highest BCUT2D eigenvalue weighted by atomic mass is 16.3. The highest BCUT2D eigenvalue weighted by Gasteiger charge is 2.51. The van der Waals surface area contributed by atoms with Crippen LogP contribution >= 0.6 is 0 Å². The van der Waals surface area contributed by atoms with Gasteiger partial charge in [-0.15, -0.1) is 0 Å². The van der Waals surface area contributed by atoms with E-state index in [1.165, 1.54) is 23.1 Å². The molecule has 21 heavy (non-hydrogen) atoms. The van der Waals surface area contributed by atoms with Crippen molar-refractivity contribution in [3.05, 3.63) is 23.8 Å². The topological polar surface area (TPSA) is 125 Å². The number of amides is 4. The van der Waals surface area contributed by atoms with Crippen LogP contribution in [0.15, 0.2) is 18.2 Å². The molecule has 5 N–H and O–H groups in total. The van der Waals surface area contributed by atoms with Crippen LogP contribution in [-0.2, 0) is 4.79 Å². The maximum atomic E-state index is 12.4. The number of rotatable bonds is 1. The molecule has 3 rings (SSSR count). The molecule has 0 radical (unpaired) electrons. The molecule has 0 aromatic heterocycles. The summed E-state index contributed by atoms with van der Waals surface area (Å²) in [5.74, 6) is -0.902. The number of nitrogens with two attached hydrogens (primary N) is 1. The number of aromatic hydroxyl groups is 1. The van der Waals surface area contributed by atoms with E-state index >= 15 is 0 Å². The first-order chi connectivity index (χ1) is 9.91. The average molecular weight is 290 g/mol. The van der Waals surface area contributed by atoms with Gasteiger partial charge >= 0.3 is 6.03 Å². The number of imide groups is 1. The minimum atomic E-state index is -1.04. The third kappa shape index (κ3) is 2.04. The molecule has 0 saturated carbocycles. The summed E-state index contributed by atoms with van der Waals surface area (Å²) in [7, 11) is 0. The lowest BCUT2D eigenvalue weighted by molar-refractivity contribution is -0.123. The van der Waals surface area contributed by atoms with Gasteiger partial charge in [0.05, 0.1) is 12.2 Å². The Bertz CT molecular complexity index is 660. The van der Waals surface area contributed by atoms with Crippen molar-refractivity contribution in [3.63, 3.8) is 0 Å². The molecule has 2 heterocycles. The number of likely N-dealkylation sites (tertiary alicyclic amines) is 1. The molecule has 2 fully saturated rings. The summed E-state index contributed by atoms with van der Waals surface area (Å²) in [6.45, 7) is 0.451. The molecule has 8 nitrogen and oxygen atoms in total. The number of phenols is 1. The van der Waals surface area contributed by atoms with Gasteiger partial charge in [0.15, 0.2) is 0 Å². The van der Waals surface area contributed by atoms with E-state index in [1.54, 1.807) is 0 Å². The molecule has 2 aliphatic heterocycles. The van der Waals surface area contributed by atoms with Crippen LogP contribution in [0.5, 0.6) is 5.75 Å². The predicted octanol–water partition coefficient (Wildman–Crippen LogP) is -0.602. The summed E-state index contributed by atoms with van der Waals surface area (Å²) < 4.78 is 0. The molecule has 1 unspecified atom stereocenters. The van der Waals surface area contributed by atoms with Crippen LogP contribution in [0, 0.1) is 0 Å². The number of carbonyl (C=O) groups is 3. The lowest BCUT2D eigenvalue weighted by atomic mass is 9.99. The quantitative estimate of drug-likeness (QED) is 0.312. The van der Waals surface area contributed by atoms with E-state index in [1.807, 2.05) is 0 Å². The largest absolute Gasteiger partial charge is 0.506 e. The van der Waals surface area contributed by atoms with Crippen LogP contribution in [0.2, 0.25) is 0 Å². The number of phenolic OH excluding ortho intramolecular Hbond substituents is 1. The number of nitrogens with zero attached hydrogens (tertiary/aromatic N) is 1. The fraction of sp³-hybridized carbons (Fsp3) is 0.308. The van der Waals surface area contributed by atoms with Gasteiger partial charge < -0.3 is 21.1 Å². The Morgan fingerprint density at radius 3 is 2.76 bits per heavy atom. The SMILES string of the molecule is Nc1ccc(C(=O)N2CCC3(C2)NC(=O)NC3=O)cc1O. The minimum absolute atomic E-state index is 0.106. The van der Waals surface area contributed by atoms with Gasteiger partial charge in [0.2, 0.25) is 0 Å². The van der Waals surface area contributed by atoms with Crippen molar-refractivity contribution < 1.29 is 19.5 Å². The van der Waals surface area contributed by atoms with E-state index in [0.717, 1.165) is 0 Å². The lowest BCUT2D eigenvalue weighted by Gasteiger charge is -2.21. The molecule has 1 aromatic rings. The normalized spacial score (nSPS) is 24.3. The number of hydrogen-bond donors (Lipinski definition) is 4. The molecule has 4 amide bonds. The van der Waals surface area contributed by atoms with Gasteiger partial charge in [0.25, 0.3) is 11.8 Å². The number of hydrogen-bond acceptors (Lipinski definition) is 5. The molecule has 2 saturated heterocycles. The summed E-state index contributed by atoms with van der Waals surface area (Å²) in [5, 5.41) is 14.3. The maximum Gasteiger partial charge on any atom is 0.322 e. The Hall–Kier alpha value is -2.77. The molecule has 0 bridgehead atoms. The van der Waals surface area contributed by atoms with Crippen molar-refractivity contribution in [2.45, 2.75) is 12.0 Å². The van der Waals surface area contributed by atoms with Gasteiger partial charge in [-0.25, -0.2) is 4.79 Å². The zero-order valence-electron chi connectivity index (χ0n) is 11.0. The van der Waals surface area contributed by atoms with Crippen molar-refractivity contribution in [3.8, 4) is 5.75 Å². The number of urea groups is 1. The van der Waals surface area contributed by atoms with Gasteiger partial charge in [-0.1, -0.05) is 0 Å². The Morgan fingerprint density at radius 2 is 2.14 bits per heavy atom. The van der Waals surface area contributed by atoms with Gasteiger partial charge in [0, 0.05) is 12.1 Å². The van der Waals surface area contributed by atoms with Crippen molar-refractivity contribution in [1.82, 2.24) is 15.5 Å². The van der Waals surface area contributed by atoms with E-state index in [2.05, 4.69) is 10.6 Å². The molecule has 2 aliphatic rings. The summed E-state index contributed by atoms with van der Waals surface area (Å²) in [6.07, 6.45) is 0.358. The van der Waals surface area contributed by atoms with Crippen LogP contribution in [0.25, 0.3) is 0 Å². The zero-order chi connectivity index (χ0) is 15.2. The average Bonchev–Trinajstić information content (AvgIpc) is 2.97. The Morgan fingerprint density at radius 1 is 1.38 bits per heavy atom. The third-order valence-corrected chi connectivity index (χ3v) is 3.85. The maximum absolute atomic E-state index is 12.4. The van der Waals surface area contributed by atoms with Crippen molar-refractivity contribution in [2.24, 2.45) is 0 Å². The number of benzene rings is 1. The van der Waals surface area contributed by atoms with Gasteiger partial charge in [-0.2, -0.15) is 0 Å². The first-order valence-corrected chi connectivity index (χ1v) is 6.43. The summed E-state index contributed by atoms with van der Waals surface area (Å²) >= 11 is 0. The molecule has 0 aliphatic carbocycles. The standard InChI is InChI=1S/C13H14N4O4/c14-8-2-1-7(5-9(8)18)10(19)17-4-3-13(6-17)11(20)15-12(21)16-13/h1-2,5,18H,3-4,6,14H2,(H2,15,16,20,21). The number of nitrogens with one attached hydrogen (secondary N) is 2. The molecule has 110 valence electrons. The lowest BCUT2D eigenvalue weighted by Crippen LogP contribution is -2.49. The molecular weight excluding hydrogens is 276 g/mol.